The van der Waals surface area contributed by atoms with Crippen LogP contribution in [0.4, 0.5) is 0 Å². The van der Waals surface area contributed by atoms with Gasteiger partial charge in [-0.1, -0.05) is 19.0 Å². The Balaban J connectivity index is 0.00000162. The molecule has 0 amide bonds. The SMILES string of the molecule is CNC1CCCN(Cc2noc(C(C)C)n2)C1.Cl. The number of nitrogens with zero attached hydrogens (tertiary/aromatic N) is 3. The number of likely N-dealkylation sites (tertiary alicyclic amines) is 1. The first-order valence-electron chi connectivity index (χ1n) is 6.41. The molecule has 1 fully saturated rings. The Morgan fingerprint density at radius 1 is 1.50 bits per heavy atom. The Bertz CT molecular complexity index is 356. The molecule has 2 rings (SSSR count). The maximum atomic E-state index is 5.22. The zero-order chi connectivity index (χ0) is 12.3. The number of hydrogen-bond donors (Lipinski definition) is 1. The highest BCUT2D eigenvalue weighted by Gasteiger charge is 2.20. The molecule has 0 saturated carbocycles. The predicted octanol–water partition coefficient (Wildman–Crippen LogP) is 1.80. The molecule has 6 heteroatoms. The van der Waals surface area contributed by atoms with Crippen molar-refractivity contribution in [1.29, 1.82) is 0 Å². The van der Waals surface area contributed by atoms with Gasteiger partial charge in [0, 0.05) is 18.5 Å². The summed E-state index contributed by atoms with van der Waals surface area (Å²) in [5.74, 6) is 1.86. The minimum Gasteiger partial charge on any atom is -0.339 e. The van der Waals surface area contributed by atoms with Gasteiger partial charge < -0.3 is 9.84 Å². The highest BCUT2D eigenvalue weighted by molar-refractivity contribution is 5.85. The van der Waals surface area contributed by atoms with Gasteiger partial charge in [-0.15, -0.1) is 12.4 Å². The molecule has 5 nitrogen and oxygen atoms in total. The lowest BCUT2D eigenvalue weighted by molar-refractivity contribution is 0.182. The molecule has 1 N–H and O–H groups in total. The van der Waals surface area contributed by atoms with Crippen LogP contribution in [0.3, 0.4) is 0 Å². The zero-order valence-electron chi connectivity index (χ0n) is 11.3. The normalized spacial score (nSPS) is 21.0. The fraction of sp³-hybridized carbons (Fsp3) is 0.833. The first-order chi connectivity index (χ1) is 8.19. The van der Waals surface area contributed by atoms with Gasteiger partial charge in [0.15, 0.2) is 5.82 Å². The van der Waals surface area contributed by atoms with Gasteiger partial charge >= 0.3 is 0 Å². The number of nitrogens with one attached hydrogen (secondary N) is 1. The molecule has 1 aliphatic heterocycles. The Morgan fingerprint density at radius 3 is 2.89 bits per heavy atom. The van der Waals surface area contributed by atoms with E-state index in [0.717, 1.165) is 31.3 Å². The Hall–Kier alpha value is -0.650. The van der Waals surface area contributed by atoms with Crippen LogP contribution in [0.15, 0.2) is 4.52 Å². The summed E-state index contributed by atoms with van der Waals surface area (Å²) in [4.78, 5) is 6.80. The second kappa shape index (κ2) is 7.07. The molecule has 1 unspecified atom stereocenters. The van der Waals surface area contributed by atoms with Crippen LogP contribution in [0, 0.1) is 0 Å². The van der Waals surface area contributed by atoms with E-state index in [4.69, 9.17) is 4.52 Å². The third kappa shape index (κ3) is 3.93. The van der Waals surface area contributed by atoms with Crippen molar-refractivity contribution in [2.45, 2.75) is 45.2 Å². The van der Waals surface area contributed by atoms with Crippen LogP contribution < -0.4 is 5.32 Å². The number of rotatable bonds is 4. The number of likely N-dealkylation sites (N-methyl/N-ethyl adjacent to an activating group) is 1. The predicted molar refractivity (Wildman–Crippen MR) is 73.0 cm³/mol. The molecule has 1 atom stereocenters. The van der Waals surface area contributed by atoms with Gasteiger partial charge in [-0.05, 0) is 26.4 Å². The van der Waals surface area contributed by atoms with E-state index in [1.54, 1.807) is 0 Å². The molecule has 2 heterocycles. The highest BCUT2D eigenvalue weighted by atomic mass is 35.5. The van der Waals surface area contributed by atoms with Gasteiger partial charge in [0.1, 0.15) is 0 Å². The molecular weight excluding hydrogens is 252 g/mol. The van der Waals surface area contributed by atoms with E-state index in [9.17, 15) is 0 Å². The fourth-order valence-corrected chi connectivity index (χ4v) is 2.20. The molecule has 0 aromatic carbocycles. The molecule has 104 valence electrons. The summed E-state index contributed by atoms with van der Waals surface area (Å²) in [6, 6.07) is 0.597. The van der Waals surface area contributed by atoms with Gasteiger partial charge in [0.05, 0.1) is 6.54 Å². The molecule has 18 heavy (non-hydrogen) atoms. The Morgan fingerprint density at radius 2 is 2.28 bits per heavy atom. The van der Waals surface area contributed by atoms with Gasteiger partial charge in [0.2, 0.25) is 5.89 Å². The van der Waals surface area contributed by atoms with Crippen LogP contribution in [0.5, 0.6) is 0 Å². The third-order valence-corrected chi connectivity index (χ3v) is 3.26. The molecule has 1 aromatic heterocycles. The van der Waals surface area contributed by atoms with Crippen molar-refractivity contribution in [3.63, 3.8) is 0 Å². The van der Waals surface area contributed by atoms with Crippen molar-refractivity contribution in [3.8, 4) is 0 Å². The van der Waals surface area contributed by atoms with E-state index >= 15 is 0 Å². The summed E-state index contributed by atoms with van der Waals surface area (Å²) < 4.78 is 5.22. The molecule has 0 radical (unpaired) electrons. The minimum atomic E-state index is 0. The summed E-state index contributed by atoms with van der Waals surface area (Å²) in [7, 11) is 2.03. The van der Waals surface area contributed by atoms with E-state index in [1.165, 1.54) is 12.8 Å². The summed E-state index contributed by atoms with van der Waals surface area (Å²) in [6.07, 6.45) is 2.50. The first kappa shape index (κ1) is 15.4. The maximum Gasteiger partial charge on any atom is 0.229 e. The van der Waals surface area contributed by atoms with Crippen molar-refractivity contribution in [2.75, 3.05) is 20.1 Å². The van der Waals surface area contributed by atoms with Gasteiger partial charge in [-0.3, -0.25) is 4.90 Å². The summed E-state index contributed by atoms with van der Waals surface area (Å²) in [6.45, 7) is 7.13. The smallest absolute Gasteiger partial charge is 0.229 e. The van der Waals surface area contributed by atoms with Crippen LogP contribution in [0.25, 0.3) is 0 Å². The van der Waals surface area contributed by atoms with Gasteiger partial charge in [-0.25, -0.2) is 0 Å². The number of piperidine rings is 1. The van der Waals surface area contributed by atoms with E-state index in [-0.39, 0.29) is 12.4 Å². The van der Waals surface area contributed by atoms with Crippen LogP contribution in [-0.4, -0.2) is 41.2 Å². The average molecular weight is 275 g/mol. The zero-order valence-corrected chi connectivity index (χ0v) is 12.2. The fourth-order valence-electron chi connectivity index (χ4n) is 2.20. The van der Waals surface area contributed by atoms with E-state index in [1.807, 2.05) is 7.05 Å². The Kier molecular flexibility index (Phi) is 6.05. The van der Waals surface area contributed by atoms with Crippen molar-refractivity contribution in [2.24, 2.45) is 0 Å². The van der Waals surface area contributed by atoms with Gasteiger partial charge in [-0.2, -0.15) is 4.98 Å². The van der Waals surface area contributed by atoms with Crippen LogP contribution in [0.1, 0.15) is 44.3 Å². The topological polar surface area (TPSA) is 54.2 Å². The van der Waals surface area contributed by atoms with E-state index in [0.29, 0.717) is 12.0 Å². The van der Waals surface area contributed by atoms with Gasteiger partial charge in [0.25, 0.3) is 0 Å². The molecule has 1 saturated heterocycles. The van der Waals surface area contributed by atoms with Crippen LogP contribution >= 0.6 is 12.4 Å². The molecule has 1 aliphatic rings. The average Bonchev–Trinajstić information content (AvgIpc) is 2.78. The minimum absolute atomic E-state index is 0. The third-order valence-electron chi connectivity index (χ3n) is 3.26. The van der Waals surface area contributed by atoms with Crippen molar-refractivity contribution in [3.05, 3.63) is 11.7 Å². The van der Waals surface area contributed by atoms with Crippen LogP contribution in [-0.2, 0) is 6.54 Å². The number of hydrogen-bond acceptors (Lipinski definition) is 5. The Labute approximate surface area is 115 Å². The second-order valence-electron chi connectivity index (χ2n) is 5.07. The lowest BCUT2D eigenvalue weighted by Gasteiger charge is -2.31. The second-order valence-corrected chi connectivity index (χ2v) is 5.07. The largest absolute Gasteiger partial charge is 0.339 e. The number of halogens is 1. The molecule has 0 bridgehead atoms. The molecule has 0 spiro atoms. The standard InChI is InChI=1S/C12H22N4O.ClH/c1-9(2)12-14-11(15-17-12)8-16-6-4-5-10(7-16)13-3;/h9-10,13H,4-8H2,1-3H3;1H. The molecule has 1 aromatic rings. The monoisotopic (exact) mass is 274 g/mol. The summed E-state index contributed by atoms with van der Waals surface area (Å²) >= 11 is 0. The van der Waals surface area contributed by atoms with E-state index in [2.05, 4.69) is 34.2 Å². The number of aromatic nitrogens is 2. The lowest BCUT2D eigenvalue weighted by atomic mass is 10.1. The summed E-state index contributed by atoms with van der Waals surface area (Å²) in [5, 5.41) is 7.37. The van der Waals surface area contributed by atoms with Crippen LogP contribution in [0.2, 0.25) is 0 Å². The summed E-state index contributed by atoms with van der Waals surface area (Å²) in [5.41, 5.74) is 0. The lowest BCUT2D eigenvalue weighted by Crippen LogP contribution is -2.44. The molecular formula is C12H23ClN4O. The van der Waals surface area contributed by atoms with Crippen molar-refractivity contribution in [1.82, 2.24) is 20.4 Å². The van der Waals surface area contributed by atoms with E-state index < -0.39 is 0 Å². The van der Waals surface area contributed by atoms with Crippen molar-refractivity contribution < 1.29 is 4.52 Å². The maximum absolute atomic E-state index is 5.22. The van der Waals surface area contributed by atoms with Crippen molar-refractivity contribution >= 4 is 12.4 Å². The quantitative estimate of drug-likeness (QED) is 0.907. The highest BCUT2D eigenvalue weighted by Crippen LogP contribution is 2.14. The first-order valence-corrected chi connectivity index (χ1v) is 6.41. The molecule has 0 aliphatic carbocycles.